The van der Waals surface area contributed by atoms with Crippen LogP contribution in [0.15, 0.2) is 29.8 Å². The molecule has 1 aromatic rings. The molecule has 0 bridgehead atoms. The molecule has 0 radical (unpaired) electrons. The molecule has 0 amide bonds. The van der Waals surface area contributed by atoms with E-state index in [0.29, 0.717) is 5.56 Å². The maximum atomic E-state index is 9.29. The summed E-state index contributed by atoms with van der Waals surface area (Å²) in [6.07, 6.45) is 2.83. The summed E-state index contributed by atoms with van der Waals surface area (Å²) >= 11 is 0. The van der Waals surface area contributed by atoms with Gasteiger partial charge in [0, 0.05) is 18.7 Å². The molecule has 0 unspecified atom stereocenters. The lowest BCUT2D eigenvalue weighted by Gasteiger charge is -2.24. The molecule has 1 fully saturated rings. The molecule has 1 aliphatic heterocycles. The van der Waals surface area contributed by atoms with Crippen molar-refractivity contribution in [1.82, 2.24) is 4.90 Å². The van der Waals surface area contributed by atoms with Crippen LogP contribution in [-0.2, 0) is 0 Å². The molecule has 0 spiro atoms. The lowest BCUT2D eigenvalue weighted by molar-refractivity contribution is -0.0426. The van der Waals surface area contributed by atoms with Crippen molar-refractivity contribution in [2.75, 3.05) is 20.1 Å². The zero-order chi connectivity index (χ0) is 12.3. The van der Waals surface area contributed by atoms with E-state index in [4.69, 9.17) is 0 Å². The van der Waals surface area contributed by atoms with Gasteiger partial charge in [-0.25, -0.2) is 0 Å². The van der Waals surface area contributed by atoms with E-state index in [1.54, 1.807) is 6.07 Å². The topological polar surface area (TPSA) is 43.7 Å². The van der Waals surface area contributed by atoms with E-state index in [0.717, 1.165) is 31.5 Å². The van der Waals surface area contributed by atoms with Crippen LogP contribution in [0.1, 0.15) is 30.3 Å². The minimum Gasteiger partial charge on any atom is -0.364 e. The minimum absolute atomic E-state index is 0.582. The summed E-state index contributed by atoms with van der Waals surface area (Å²) in [5, 5.41) is 18.6. The number of hydrogen-bond donors (Lipinski definition) is 2. The highest BCUT2D eigenvalue weighted by molar-refractivity contribution is 5.57. The highest BCUT2D eigenvalue weighted by Crippen LogP contribution is 2.23. The first-order valence-electron chi connectivity index (χ1n) is 6.00. The molecule has 17 heavy (non-hydrogen) atoms. The van der Waals surface area contributed by atoms with Crippen molar-refractivity contribution < 1.29 is 10.2 Å². The van der Waals surface area contributed by atoms with E-state index in [1.165, 1.54) is 5.57 Å². The van der Waals surface area contributed by atoms with Gasteiger partial charge in [0.25, 0.3) is 0 Å². The normalized spacial score (nSPS) is 17.5. The van der Waals surface area contributed by atoms with E-state index in [2.05, 4.69) is 18.0 Å². The number of likely N-dealkylation sites (tertiary alicyclic amines) is 1. The highest BCUT2D eigenvalue weighted by Gasteiger charge is 2.12. The number of benzene rings is 1. The summed E-state index contributed by atoms with van der Waals surface area (Å²) in [6.45, 7) is 2.16. The van der Waals surface area contributed by atoms with Gasteiger partial charge in [-0.1, -0.05) is 35.9 Å². The number of aliphatic hydroxyl groups excluding tert-OH is 1. The predicted molar refractivity (Wildman–Crippen MR) is 68.3 cm³/mol. The third-order valence-corrected chi connectivity index (χ3v) is 3.26. The monoisotopic (exact) mass is 233 g/mol. The van der Waals surface area contributed by atoms with Gasteiger partial charge in [0.05, 0.1) is 0 Å². The molecule has 0 aliphatic carbocycles. The summed E-state index contributed by atoms with van der Waals surface area (Å²) in [6, 6.07) is 7.44. The number of nitrogens with zero attached hydrogens (tertiary/aromatic N) is 1. The lowest BCUT2D eigenvalue weighted by Crippen LogP contribution is -2.26. The quantitative estimate of drug-likeness (QED) is 0.765. The molecule has 1 aromatic carbocycles. The van der Waals surface area contributed by atoms with Gasteiger partial charge >= 0.3 is 0 Å². The average molecular weight is 233 g/mol. The van der Waals surface area contributed by atoms with Crippen molar-refractivity contribution in [3.8, 4) is 0 Å². The van der Waals surface area contributed by atoms with Gasteiger partial charge in [-0.15, -0.1) is 0 Å². The van der Waals surface area contributed by atoms with Crippen molar-refractivity contribution >= 4 is 6.08 Å². The van der Waals surface area contributed by atoms with Gasteiger partial charge < -0.3 is 15.1 Å². The lowest BCUT2D eigenvalue weighted by atomic mass is 9.98. The molecule has 1 aliphatic rings. The molecule has 0 atom stereocenters. The molecule has 1 saturated heterocycles. The smallest absolute Gasteiger partial charge is 0.179 e. The molecule has 0 saturated carbocycles. The molecule has 3 heteroatoms. The Morgan fingerprint density at radius 1 is 1.18 bits per heavy atom. The highest BCUT2D eigenvalue weighted by atomic mass is 16.5. The SMILES string of the molecule is CN1CCC(=Cc2ccccc2C(O)O)CC1. The van der Waals surface area contributed by atoms with Crippen LogP contribution in [0.25, 0.3) is 6.08 Å². The van der Waals surface area contributed by atoms with E-state index >= 15 is 0 Å². The Morgan fingerprint density at radius 2 is 1.82 bits per heavy atom. The van der Waals surface area contributed by atoms with E-state index in [9.17, 15) is 10.2 Å². The molecule has 92 valence electrons. The number of aliphatic hydroxyl groups is 2. The van der Waals surface area contributed by atoms with E-state index in [-0.39, 0.29) is 0 Å². The summed E-state index contributed by atoms with van der Waals surface area (Å²) in [4.78, 5) is 2.31. The van der Waals surface area contributed by atoms with Gasteiger partial charge in [0.1, 0.15) is 0 Å². The fourth-order valence-electron chi connectivity index (χ4n) is 2.15. The minimum atomic E-state index is -1.39. The second kappa shape index (κ2) is 5.45. The maximum Gasteiger partial charge on any atom is 0.179 e. The summed E-state index contributed by atoms with van der Waals surface area (Å²) in [5.41, 5.74) is 2.89. The van der Waals surface area contributed by atoms with Gasteiger partial charge in [0.15, 0.2) is 6.29 Å². The first-order valence-corrected chi connectivity index (χ1v) is 6.00. The first kappa shape index (κ1) is 12.3. The van der Waals surface area contributed by atoms with Gasteiger partial charge in [-0.3, -0.25) is 0 Å². The zero-order valence-electron chi connectivity index (χ0n) is 10.1. The van der Waals surface area contributed by atoms with Crippen molar-refractivity contribution in [2.45, 2.75) is 19.1 Å². The van der Waals surface area contributed by atoms with Crippen LogP contribution >= 0.6 is 0 Å². The second-order valence-electron chi connectivity index (χ2n) is 4.61. The summed E-state index contributed by atoms with van der Waals surface area (Å²) < 4.78 is 0. The van der Waals surface area contributed by atoms with Crippen LogP contribution in [0, 0.1) is 0 Å². The first-order chi connectivity index (χ1) is 8.16. The third kappa shape index (κ3) is 3.16. The Kier molecular flexibility index (Phi) is 3.94. The van der Waals surface area contributed by atoms with E-state index < -0.39 is 6.29 Å². The Balaban J connectivity index is 2.20. The maximum absolute atomic E-state index is 9.29. The van der Waals surface area contributed by atoms with Crippen LogP contribution in [0.4, 0.5) is 0 Å². The molecule has 2 rings (SSSR count). The van der Waals surface area contributed by atoms with Crippen molar-refractivity contribution in [2.24, 2.45) is 0 Å². The fraction of sp³-hybridized carbons (Fsp3) is 0.429. The Bertz CT molecular complexity index is 402. The average Bonchev–Trinajstić information content (AvgIpc) is 2.32. The van der Waals surface area contributed by atoms with Crippen LogP contribution < -0.4 is 0 Å². The van der Waals surface area contributed by atoms with Crippen LogP contribution in [-0.4, -0.2) is 35.3 Å². The van der Waals surface area contributed by atoms with Crippen LogP contribution in [0.5, 0.6) is 0 Å². The molecular formula is C14H19NO2. The van der Waals surface area contributed by atoms with Crippen molar-refractivity contribution in [3.05, 3.63) is 41.0 Å². The van der Waals surface area contributed by atoms with Crippen molar-refractivity contribution in [1.29, 1.82) is 0 Å². The number of hydrogen-bond acceptors (Lipinski definition) is 3. The molecule has 3 nitrogen and oxygen atoms in total. The largest absolute Gasteiger partial charge is 0.364 e. The number of piperidine rings is 1. The van der Waals surface area contributed by atoms with E-state index in [1.807, 2.05) is 18.2 Å². The van der Waals surface area contributed by atoms with Crippen molar-refractivity contribution in [3.63, 3.8) is 0 Å². The molecule has 0 aromatic heterocycles. The molecular weight excluding hydrogens is 214 g/mol. The Labute approximate surface area is 102 Å². The summed E-state index contributed by atoms with van der Waals surface area (Å²) in [5.74, 6) is 0. The van der Waals surface area contributed by atoms with Crippen LogP contribution in [0.3, 0.4) is 0 Å². The Hall–Kier alpha value is -1.16. The summed E-state index contributed by atoms with van der Waals surface area (Å²) in [7, 11) is 2.13. The molecule has 1 heterocycles. The standard InChI is InChI=1S/C14H19NO2/c1-15-8-6-11(7-9-15)10-12-4-2-3-5-13(12)14(16)17/h2-5,10,14,16-17H,6-9H2,1H3. The van der Waals surface area contributed by atoms with Gasteiger partial charge in [-0.2, -0.15) is 0 Å². The Morgan fingerprint density at radius 3 is 2.47 bits per heavy atom. The predicted octanol–water partition coefficient (Wildman–Crippen LogP) is 1.78. The van der Waals surface area contributed by atoms with Gasteiger partial charge in [0.2, 0.25) is 0 Å². The van der Waals surface area contributed by atoms with Crippen LogP contribution in [0.2, 0.25) is 0 Å². The second-order valence-corrected chi connectivity index (χ2v) is 4.61. The zero-order valence-corrected chi connectivity index (χ0v) is 10.1. The fourth-order valence-corrected chi connectivity index (χ4v) is 2.15. The molecule has 2 N–H and O–H groups in total. The third-order valence-electron chi connectivity index (χ3n) is 3.26. The number of rotatable bonds is 2. The van der Waals surface area contributed by atoms with Gasteiger partial charge in [-0.05, 0) is 25.5 Å².